The number of nitrogens with one attached hydrogen (secondary N) is 2. The minimum atomic E-state index is -0.999. The zero-order valence-electron chi connectivity index (χ0n) is 34.2. The SMILES string of the molecule is COc1cc(-c2[nH]nc3c(Cc4ccc(-c5c(C=C(C#N)C(=O)NC(C)(C)CO)n(CCCO)c6ncnc(N)c56)cc4)cc(C=C(C#N)C(N)=O)cc23)cc(OC)c1OC. The second kappa shape index (κ2) is 18.0. The van der Waals surface area contributed by atoms with Gasteiger partial charge in [0.1, 0.15) is 41.1 Å². The Hall–Kier alpha value is -7.73. The number of anilines is 1. The topological polar surface area (TPSA) is 273 Å². The molecule has 6 rings (SSSR count). The first-order valence-electron chi connectivity index (χ1n) is 18.9. The molecule has 0 atom stereocenters. The van der Waals surface area contributed by atoms with Crippen LogP contribution in [0, 0.1) is 22.7 Å². The van der Waals surface area contributed by atoms with Crippen LogP contribution in [0.25, 0.3) is 56.5 Å². The number of aromatic amines is 1. The Morgan fingerprint density at radius 3 is 2.23 bits per heavy atom. The van der Waals surface area contributed by atoms with Gasteiger partial charge in [-0.2, -0.15) is 15.6 Å². The molecule has 0 aliphatic heterocycles. The van der Waals surface area contributed by atoms with Crippen molar-refractivity contribution in [2.75, 3.05) is 40.3 Å². The summed E-state index contributed by atoms with van der Waals surface area (Å²) >= 11 is 0. The third-order valence-corrected chi connectivity index (χ3v) is 9.99. The van der Waals surface area contributed by atoms with Crippen molar-refractivity contribution in [1.29, 1.82) is 10.5 Å². The molecule has 0 radical (unpaired) electrons. The highest BCUT2D eigenvalue weighted by Crippen LogP contribution is 2.43. The lowest BCUT2D eigenvalue weighted by Gasteiger charge is -2.23. The Morgan fingerprint density at radius 2 is 1.64 bits per heavy atom. The third-order valence-electron chi connectivity index (χ3n) is 9.99. The number of ether oxygens (including phenoxy) is 3. The maximum atomic E-state index is 13.3. The molecule has 0 saturated heterocycles. The molecule has 0 aliphatic rings. The standard InChI is InChI=1S/C44H44N10O7/c1-44(2,22-56)51-43(58)30(21-46)17-32-35(36-40(47)49-23-50-42(36)54(32)11-6-12-55)26-9-7-24(8-10-26)13-27-14-25(15-29(20-45)41(48)57)16-31-37(27)52-53-38(31)28-18-33(59-3)39(61-5)34(19-28)60-4/h7-10,14-19,23,55-56H,6,11-13,22H2,1-5H3,(H2,48,57)(H,51,58)(H,52,53)(H2,47,49,50). The van der Waals surface area contributed by atoms with Gasteiger partial charge in [0, 0.05) is 29.7 Å². The summed E-state index contributed by atoms with van der Waals surface area (Å²) in [6, 6.07) is 18.6. The summed E-state index contributed by atoms with van der Waals surface area (Å²) in [7, 11) is 4.55. The fourth-order valence-corrected chi connectivity index (χ4v) is 7.02. The number of primary amides is 1. The molecule has 0 saturated carbocycles. The number of nitrogen functional groups attached to an aromatic ring is 1. The Kier molecular flexibility index (Phi) is 12.7. The molecule has 0 aliphatic carbocycles. The first-order valence-corrected chi connectivity index (χ1v) is 18.9. The molecule has 17 heteroatoms. The number of nitrogens with two attached hydrogens (primary N) is 2. The van der Waals surface area contributed by atoms with Gasteiger partial charge in [-0.1, -0.05) is 24.3 Å². The van der Waals surface area contributed by atoms with Gasteiger partial charge in [-0.25, -0.2) is 9.97 Å². The summed E-state index contributed by atoms with van der Waals surface area (Å²) in [4.78, 5) is 34.2. The van der Waals surface area contributed by atoms with Crippen LogP contribution in [0.15, 0.2) is 66.0 Å². The molecule has 2 amide bonds. The average Bonchev–Trinajstić information content (AvgIpc) is 3.82. The lowest BCUT2D eigenvalue weighted by molar-refractivity contribution is -0.119. The monoisotopic (exact) mass is 824 g/mol. The highest BCUT2D eigenvalue weighted by molar-refractivity contribution is 6.08. The molecular weight excluding hydrogens is 781 g/mol. The van der Waals surface area contributed by atoms with Crippen molar-refractivity contribution in [3.05, 3.63) is 88.4 Å². The van der Waals surface area contributed by atoms with E-state index in [1.807, 2.05) is 42.5 Å². The minimum absolute atomic E-state index is 0.131. The van der Waals surface area contributed by atoms with Gasteiger partial charge in [-0.05, 0) is 85.4 Å². The zero-order valence-corrected chi connectivity index (χ0v) is 34.2. The van der Waals surface area contributed by atoms with Crippen LogP contribution < -0.4 is 31.0 Å². The fraction of sp³-hybridized carbons (Fsp3) is 0.250. The number of aryl methyl sites for hydroxylation is 1. The van der Waals surface area contributed by atoms with E-state index in [1.54, 1.807) is 36.6 Å². The molecule has 61 heavy (non-hydrogen) atoms. The van der Waals surface area contributed by atoms with E-state index in [4.69, 9.17) is 30.8 Å². The van der Waals surface area contributed by atoms with Crippen LogP contribution in [-0.2, 0) is 22.6 Å². The molecule has 0 fully saturated rings. The number of nitrogens with zero attached hydrogens (tertiary/aromatic N) is 6. The van der Waals surface area contributed by atoms with Crippen LogP contribution >= 0.6 is 0 Å². The number of hydrogen-bond acceptors (Lipinski definition) is 13. The van der Waals surface area contributed by atoms with Crippen molar-refractivity contribution in [3.8, 4) is 51.8 Å². The van der Waals surface area contributed by atoms with Crippen molar-refractivity contribution < 1.29 is 34.0 Å². The van der Waals surface area contributed by atoms with Crippen LogP contribution in [0.1, 0.15) is 42.7 Å². The second-order valence-corrected chi connectivity index (χ2v) is 14.6. The third kappa shape index (κ3) is 8.69. The van der Waals surface area contributed by atoms with E-state index in [-0.39, 0.29) is 36.7 Å². The molecule has 3 heterocycles. The van der Waals surface area contributed by atoms with E-state index in [2.05, 4.69) is 20.4 Å². The largest absolute Gasteiger partial charge is 0.493 e. The first kappa shape index (κ1) is 42.9. The van der Waals surface area contributed by atoms with Gasteiger partial charge in [0.15, 0.2) is 11.5 Å². The number of benzene rings is 3. The average molecular weight is 825 g/mol. The summed E-state index contributed by atoms with van der Waals surface area (Å²) in [5, 5.41) is 51.1. The van der Waals surface area contributed by atoms with E-state index < -0.39 is 17.4 Å². The summed E-state index contributed by atoms with van der Waals surface area (Å²) in [6.07, 6.45) is 4.89. The predicted octanol–water partition coefficient (Wildman–Crippen LogP) is 4.41. The van der Waals surface area contributed by atoms with Gasteiger partial charge < -0.3 is 45.8 Å². The number of methoxy groups -OCH3 is 3. The van der Waals surface area contributed by atoms with Gasteiger partial charge in [0.25, 0.3) is 11.8 Å². The number of nitriles is 2. The summed E-state index contributed by atoms with van der Waals surface area (Å²) in [5.74, 6) is -0.112. The zero-order chi connectivity index (χ0) is 44.0. The molecule has 0 unspecified atom stereocenters. The Labute approximate surface area is 350 Å². The number of carbonyl (C=O) groups excluding carboxylic acids is 2. The second-order valence-electron chi connectivity index (χ2n) is 14.6. The van der Waals surface area contributed by atoms with Crippen LogP contribution in [0.3, 0.4) is 0 Å². The summed E-state index contributed by atoms with van der Waals surface area (Å²) in [5.41, 5.74) is 16.7. The normalized spacial score (nSPS) is 12.0. The van der Waals surface area contributed by atoms with E-state index in [1.165, 1.54) is 39.8 Å². The van der Waals surface area contributed by atoms with Crippen LogP contribution in [-0.4, -0.2) is 86.8 Å². The number of H-pyrrole nitrogens is 1. The van der Waals surface area contributed by atoms with Crippen molar-refractivity contribution in [2.24, 2.45) is 5.73 Å². The van der Waals surface area contributed by atoms with E-state index in [0.717, 1.165) is 11.1 Å². The predicted molar refractivity (Wildman–Crippen MR) is 229 cm³/mol. The van der Waals surface area contributed by atoms with Gasteiger partial charge in [-0.15, -0.1) is 0 Å². The van der Waals surface area contributed by atoms with Crippen LogP contribution in [0.2, 0.25) is 0 Å². The Bertz CT molecular complexity index is 2780. The quantitative estimate of drug-likeness (QED) is 0.0584. The van der Waals surface area contributed by atoms with Crippen LogP contribution in [0.5, 0.6) is 17.2 Å². The summed E-state index contributed by atoms with van der Waals surface area (Å²) in [6.45, 7) is 3.05. The number of aliphatic hydroxyl groups is 2. The van der Waals surface area contributed by atoms with E-state index in [9.17, 15) is 30.3 Å². The lowest BCUT2D eigenvalue weighted by atomic mass is 9.95. The molecule has 3 aromatic heterocycles. The number of rotatable bonds is 16. The number of aliphatic hydroxyl groups excluding tert-OH is 2. The molecule has 8 N–H and O–H groups in total. The number of aromatic nitrogens is 5. The van der Waals surface area contributed by atoms with Crippen molar-refractivity contribution in [2.45, 2.75) is 38.8 Å². The number of amides is 2. The first-order chi connectivity index (χ1) is 29.3. The Balaban J connectivity index is 1.50. The Morgan fingerprint density at radius 1 is 0.951 bits per heavy atom. The highest BCUT2D eigenvalue weighted by Gasteiger charge is 2.26. The fourth-order valence-electron chi connectivity index (χ4n) is 7.02. The lowest BCUT2D eigenvalue weighted by Crippen LogP contribution is -2.46. The molecule has 6 aromatic rings. The molecular formula is C44H44N10O7. The van der Waals surface area contributed by atoms with Gasteiger partial charge in [0.2, 0.25) is 5.75 Å². The molecule has 312 valence electrons. The highest BCUT2D eigenvalue weighted by atomic mass is 16.5. The van der Waals surface area contributed by atoms with E-state index in [0.29, 0.717) is 85.7 Å². The number of hydrogen-bond donors (Lipinski definition) is 6. The number of fused-ring (bicyclic) bond motifs is 2. The van der Waals surface area contributed by atoms with Crippen molar-refractivity contribution in [3.63, 3.8) is 0 Å². The summed E-state index contributed by atoms with van der Waals surface area (Å²) < 4.78 is 18.5. The number of carbonyl (C=O) groups is 2. The molecule has 17 nitrogen and oxygen atoms in total. The van der Waals surface area contributed by atoms with Gasteiger partial charge in [-0.3, -0.25) is 14.7 Å². The molecule has 3 aromatic carbocycles. The van der Waals surface area contributed by atoms with Gasteiger partial charge in [0.05, 0.1) is 55.8 Å². The molecule has 0 bridgehead atoms. The maximum Gasteiger partial charge on any atom is 0.262 e. The minimum Gasteiger partial charge on any atom is -0.493 e. The van der Waals surface area contributed by atoms with Crippen LogP contribution in [0.4, 0.5) is 5.82 Å². The van der Waals surface area contributed by atoms with Gasteiger partial charge >= 0.3 is 0 Å². The van der Waals surface area contributed by atoms with Crippen molar-refractivity contribution in [1.82, 2.24) is 30.0 Å². The van der Waals surface area contributed by atoms with Crippen molar-refractivity contribution >= 4 is 51.7 Å². The molecule has 0 spiro atoms. The van der Waals surface area contributed by atoms with E-state index >= 15 is 0 Å². The maximum absolute atomic E-state index is 13.3. The smallest absolute Gasteiger partial charge is 0.262 e.